The molecule has 0 aliphatic heterocycles. The quantitative estimate of drug-likeness (QED) is 0.168. The first-order valence-electron chi connectivity index (χ1n) is 21.3. The minimum atomic E-state index is 0.641. The molecule has 0 bridgehead atoms. The fourth-order valence-corrected chi connectivity index (χ4v) is 9.71. The van der Waals surface area contributed by atoms with Crippen molar-refractivity contribution >= 4 is 65.6 Å². The summed E-state index contributed by atoms with van der Waals surface area (Å²) in [5.74, 6) is 0.641. The first kappa shape index (κ1) is 35.2. The van der Waals surface area contributed by atoms with Gasteiger partial charge in [-0.1, -0.05) is 152 Å². The summed E-state index contributed by atoms with van der Waals surface area (Å²) in [5, 5.41) is 7.02. The van der Waals surface area contributed by atoms with Crippen molar-refractivity contribution in [1.29, 1.82) is 0 Å². The van der Waals surface area contributed by atoms with Crippen molar-refractivity contribution in [2.75, 3.05) is 0 Å². The Kier molecular flexibility index (Phi) is 7.84. The van der Waals surface area contributed by atoms with Crippen LogP contribution in [0, 0.1) is 0 Å². The first-order valence-corrected chi connectivity index (χ1v) is 21.3. The molecule has 0 unspecified atom stereocenters. The normalized spacial score (nSPS) is 11.8. The molecule has 0 aliphatic rings. The predicted molar refractivity (Wildman–Crippen MR) is 260 cm³/mol. The lowest BCUT2D eigenvalue weighted by Crippen LogP contribution is -2.02. The van der Waals surface area contributed by atoms with Crippen molar-refractivity contribution in [3.8, 4) is 56.4 Å². The van der Waals surface area contributed by atoms with Gasteiger partial charge in [0.15, 0.2) is 5.82 Å². The van der Waals surface area contributed by atoms with E-state index in [1.54, 1.807) is 0 Å². The number of aromatic nitrogens is 4. The molecule has 4 heterocycles. The lowest BCUT2D eigenvalue weighted by atomic mass is 9.95. The summed E-state index contributed by atoms with van der Waals surface area (Å²) in [6.45, 7) is 0. The maximum absolute atomic E-state index is 6.23. The molecule has 9 aromatic carbocycles. The van der Waals surface area contributed by atoms with Gasteiger partial charge in [-0.15, -0.1) is 0 Å². The molecule has 0 saturated heterocycles. The third-order valence-corrected chi connectivity index (χ3v) is 12.5. The number of rotatable bonds is 6. The zero-order valence-electron chi connectivity index (χ0n) is 34.0. The van der Waals surface area contributed by atoms with Crippen molar-refractivity contribution in [2.45, 2.75) is 0 Å². The standard InChI is InChI=1S/C58H36N4O/c1-2-16-37(17-3-1)50-36-51(43-19-5-4-18-42(43)38-30-31-57-49(34-38)48-24-10-15-29-56(48)63-57)60-58(59-50)39-32-40(61-52-25-11-6-20-44(52)45-21-7-12-26-53(45)61)35-41(33-39)62-54-27-13-8-22-46(54)47-23-9-14-28-55(47)62/h1-36H. The van der Waals surface area contributed by atoms with Crippen molar-refractivity contribution in [3.63, 3.8) is 0 Å². The second-order valence-electron chi connectivity index (χ2n) is 16.2. The molecule has 5 heteroatoms. The van der Waals surface area contributed by atoms with Crippen LogP contribution in [0.1, 0.15) is 0 Å². The summed E-state index contributed by atoms with van der Waals surface area (Å²) < 4.78 is 11.0. The van der Waals surface area contributed by atoms with E-state index in [2.05, 4.69) is 209 Å². The Morgan fingerprint density at radius 2 is 0.778 bits per heavy atom. The highest BCUT2D eigenvalue weighted by Gasteiger charge is 2.20. The Balaban J connectivity index is 1.09. The monoisotopic (exact) mass is 804 g/mol. The van der Waals surface area contributed by atoms with Gasteiger partial charge in [0, 0.05) is 60.4 Å². The van der Waals surface area contributed by atoms with E-state index in [0.29, 0.717) is 5.82 Å². The molecular formula is C58H36N4O. The highest BCUT2D eigenvalue weighted by atomic mass is 16.3. The molecular weight excluding hydrogens is 769 g/mol. The van der Waals surface area contributed by atoms with Crippen LogP contribution in [0.25, 0.3) is 122 Å². The highest BCUT2D eigenvalue weighted by molar-refractivity contribution is 6.11. The van der Waals surface area contributed by atoms with E-state index in [-0.39, 0.29) is 0 Å². The van der Waals surface area contributed by atoms with Crippen LogP contribution in [-0.2, 0) is 0 Å². The number of nitrogens with zero attached hydrogens (tertiary/aromatic N) is 4. The second kappa shape index (κ2) is 14.0. The minimum absolute atomic E-state index is 0.641. The molecule has 0 aliphatic carbocycles. The molecule has 63 heavy (non-hydrogen) atoms. The Morgan fingerprint density at radius 1 is 0.302 bits per heavy atom. The van der Waals surface area contributed by atoms with Gasteiger partial charge in [-0.2, -0.15) is 0 Å². The van der Waals surface area contributed by atoms with Gasteiger partial charge in [0.05, 0.1) is 33.5 Å². The third kappa shape index (κ3) is 5.64. The number of benzene rings is 9. The molecule has 4 aromatic heterocycles. The number of hydrogen-bond donors (Lipinski definition) is 0. The van der Waals surface area contributed by atoms with Crippen LogP contribution in [0.2, 0.25) is 0 Å². The molecule has 0 radical (unpaired) electrons. The van der Waals surface area contributed by atoms with E-state index in [1.165, 1.54) is 21.5 Å². The van der Waals surface area contributed by atoms with Crippen LogP contribution in [0.5, 0.6) is 0 Å². The zero-order chi connectivity index (χ0) is 41.4. The summed E-state index contributed by atoms with van der Waals surface area (Å²) in [6, 6.07) is 77.4. The molecule has 5 nitrogen and oxygen atoms in total. The SMILES string of the molecule is c1ccc(-c2cc(-c3ccccc3-c3ccc4oc5ccccc5c4c3)nc(-c3cc(-n4c5ccccc5c5ccccc54)cc(-n4c5ccccc5c5ccccc54)c3)n2)cc1. The van der Waals surface area contributed by atoms with Crippen LogP contribution in [-0.4, -0.2) is 19.1 Å². The maximum atomic E-state index is 6.23. The largest absolute Gasteiger partial charge is 0.456 e. The number of para-hydroxylation sites is 5. The topological polar surface area (TPSA) is 48.8 Å². The number of hydrogen-bond acceptors (Lipinski definition) is 3. The van der Waals surface area contributed by atoms with Gasteiger partial charge in [0.2, 0.25) is 0 Å². The van der Waals surface area contributed by atoms with Gasteiger partial charge in [-0.25, -0.2) is 9.97 Å². The molecule has 0 atom stereocenters. The van der Waals surface area contributed by atoms with E-state index in [0.717, 1.165) is 94.6 Å². The van der Waals surface area contributed by atoms with Crippen molar-refractivity contribution in [2.24, 2.45) is 0 Å². The van der Waals surface area contributed by atoms with Gasteiger partial charge in [0.1, 0.15) is 11.2 Å². The Hall–Kier alpha value is -8.54. The molecule has 0 saturated carbocycles. The van der Waals surface area contributed by atoms with Crippen LogP contribution in [0.3, 0.4) is 0 Å². The fraction of sp³-hybridized carbons (Fsp3) is 0. The summed E-state index contributed by atoms with van der Waals surface area (Å²) in [7, 11) is 0. The Morgan fingerprint density at radius 3 is 1.38 bits per heavy atom. The molecule has 0 spiro atoms. The average molecular weight is 805 g/mol. The van der Waals surface area contributed by atoms with E-state index in [4.69, 9.17) is 14.4 Å². The van der Waals surface area contributed by atoms with Crippen LogP contribution < -0.4 is 0 Å². The van der Waals surface area contributed by atoms with Gasteiger partial charge in [0.25, 0.3) is 0 Å². The highest BCUT2D eigenvalue weighted by Crippen LogP contribution is 2.40. The molecule has 13 rings (SSSR count). The van der Waals surface area contributed by atoms with Crippen molar-refractivity contribution in [3.05, 3.63) is 218 Å². The average Bonchev–Trinajstić information content (AvgIpc) is 4.02. The van der Waals surface area contributed by atoms with Crippen molar-refractivity contribution in [1.82, 2.24) is 19.1 Å². The second-order valence-corrected chi connectivity index (χ2v) is 16.2. The molecule has 13 aromatic rings. The van der Waals surface area contributed by atoms with Gasteiger partial charge < -0.3 is 13.6 Å². The van der Waals surface area contributed by atoms with Gasteiger partial charge in [-0.05, 0) is 77.9 Å². The van der Waals surface area contributed by atoms with E-state index in [9.17, 15) is 0 Å². The van der Waals surface area contributed by atoms with E-state index in [1.807, 2.05) is 18.2 Å². The summed E-state index contributed by atoms with van der Waals surface area (Å²) in [5.41, 5.74) is 15.2. The van der Waals surface area contributed by atoms with E-state index < -0.39 is 0 Å². The fourth-order valence-electron chi connectivity index (χ4n) is 9.71. The summed E-state index contributed by atoms with van der Waals surface area (Å²) in [6.07, 6.45) is 0. The zero-order valence-corrected chi connectivity index (χ0v) is 34.0. The minimum Gasteiger partial charge on any atom is -0.456 e. The Labute approximate surface area is 362 Å². The Bertz CT molecular complexity index is 3690. The molecule has 294 valence electrons. The molecule has 0 fully saturated rings. The van der Waals surface area contributed by atoms with Crippen molar-refractivity contribution < 1.29 is 4.42 Å². The van der Waals surface area contributed by atoms with Crippen LogP contribution >= 0.6 is 0 Å². The lowest BCUT2D eigenvalue weighted by molar-refractivity contribution is 0.669. The van der Waals surface area contributed by atoms with Crippen LogP contribution in [0.15, 0.2) is 223 Å². The van der Waals surface area contributed by atoms with Crippen LogP contribution in [0.4, 0.5) is 0 Å². The number of furan rings is 1. The molecule has 0 amide bonds. The van der Waals surface area contributed by atoms with Gasteiger partial charge in [-0.3, -0.25) is 0 Å². The predicted octanol–water partition coefficient (Wildman–Crippen LogP) is 15.2. The molecule has 0 N–H and O–H groups in total. The van der Waals surface area contributed by atoms with E-state index >= 15 is 0 Å². The van der Waals surface area contributed by atoms with Gasteiger partial charge >= 0.3 is 0 Å². The third-order valence-electron chi connectivity index (χ3n) is 12.5. The maximum Gasteiger partial charge on any atom is 0.160 e. The number of fused-ring (bicyclic) bond motifs is 9. The summed E-state index contributed by atoms with van der Waals surface area (Å²) >= 11 is 0. The summed E-state index contributed by atoms with van der Waals surface area (Å²) in [4.78, 5) is 11.0. The first-order chi connectivity index (χ1) is 31.2. The lowest BCUT2D eigenvalue weighted by Gasteiger charge is -2.17. The smallest absolute Gasteiger partial charge is 0.160 e.